The van der Waals surface area contributed by atoms with Crippen LogP contribution in [0, 0.1) is 0 Å². The zero-order chi connectivity index (χ0) is 13.7. The summed E-state index contributed by atoms with van der Waals surface area (Å²) in [5, 5.41) is 3.71. The number of likely N-dealkylation sites (tertiary alicyclic amines) is 1. The van der Waals surface area contributed by atoms with Gasteiger partial charge in [-0.3, -0.25) is 0 Å². The molecule has 2 rings (SSSR count). The molecular formula is C16H27N3. The molecule has 0 spiro atoms. The Hall–Kier alpha value is -1.06. The number of hydrogen-bond donors (Lipinski definition) is 1. The van der Waals surface area contributed by atoms with Gasteiger partial charge in [0.05, 0.1) is 0 Å². The second kappa shape index (κ2) is 6.92. The average Bonchev–Trinajstić information content (AvgIpc) is 2.61. The summed E-state index contributed by atoms with van der Waals surface area (Å²) in [6.45, 7) is 3.45. The van der Waals surface area contributed by atoms with Crippen LogP contribution in [0.25, 0.3) is 0 Å². The van der Waals surface area contributed by atoms with Gasteiger partial charge in [-0.15, -0.1) is 0 Å². The highest BCUT2D eigenvalue weighted by molar-refractivity contribution is 5.45. The van der Waals surface area contributed by atoms with Gasteiger partial charge in [0, 0.05) is 32.4 Å². The van der Waals surface area contributed by atoms with Crippen LogP contribution in [0.1, 0.15) is 24.8 Å². The number of anilines is 1. The van der Waals surface area contributed by atoms with E-state index in [1.165, 1.54) is 43.6 Å². The summed E-state index contributed by atoms with van der Waals surface area (Å²) in [5.74, 6) is 0. The largest absolute Gasteiger partial charge is 0.378 e. The minimum atomic E-state index is 0.679. The third kappa shape index (κ3) is 4.51. The molecule has 3 heteroatoms. The van der Waals surface area contributed by atoms with Crippen LogP contribution in [0.15, 0.2) is 24.3 Å². The molecule has 1 atom stereocenters. The number of nitrogens with zero attached hydrogens (tertiary/aromatic N) is 2. The van der Waals surface area contributed by atoms with Crippen LogP contribution in [-0.4, -0.2) is 45.2 Å². The van der Waals surface area contributed by atoms with Crippen LogP contribution in [0.4, 0.5) is 5.69 Å². The maximum Gasteiger partial charge on any atom is 0.0361 e. The van der Waals surface area contributed by atoms with E-state index in [0.717, 1.165) is 6.54 Å². The molecule has 1 aliphatic heterocycles. The first-order valence-electron chi connectivity index (χ1n) is 7.33. The van der Waals surface area contributed by atoms with Crippen molar-refractivity contribution in [2.45, 2.75) is 31.8 Å². The fourth-order valence-electron chi connectivity index (χ4n) is 2.62. The predicted molar refractivity (Wildman–Crippen MR) is 82.7 cm³/mol. The van der Waals surface area contributed by atoms with E-state index in [2.05, 4.69) is 60.5 Å². The van der Waals surface area contributed by atoms with Crippen molar-refractivity contribution >= 4 is 5.69 Å². The molecule has 1 aromatic carbocycles. The van der Waals surface area contributed by atoms with Crippen molar-refractivity contribution in [2.24, 2.45) is 0 Å². The van der Waals surface area contributed by atoms with Gasteiger partial charge in [0.25, 0.3) is 0 Å². The smallest absolute Gasteiger partial charge is 0.0361 e. The van der Waals surface area contributed by atoms with E-state index in [1.54, 1.807) is 0 Å². The Morgan fingerprint density at radius 2 is 1.89 bits per heavy atom. The molecule has 1 unspecified atom stereocenters. The molecule has 1 heterocycles. The molecule has 106 valence electrons. The van der Waals surface area contributed by atoms with Crippen molar-refractivity contribution in [1.29, 1.82) is 0 Å². The van der Waals surface area contributed by atoms with E-state index < -0.39 is 0 Å². The predicted octanol–water partition coefficient (Wildman–Crippen LogP) is 2.33. The van der Waals surface area contributed by atoms with Crippen LogP contribution in [0.2, 0.25) is 0 Å². The van der Waals surface area contributed by atoms with E-state index in [-0.39, 0.29) is 0 Å². The number of rotatable bonds is 4. The Morgan fingerprint density at radius 3 is 2.58 bits per heavy atom. The lowest BCUT2D eigenvalue weighted by Gasteiger charge is -2.17. The van der Waals surface area contributed by atoms with Gasteiger partial charge in [-0.1, -0.05) is 12.1 Å². The van der Waals surface area contributed by atoms with Gasteiger partial charge in [-0.25, -0.2) is 0 Å². The molecule has 3 nitrogen and oxygen atoms in total. The Kier molecular flexibility index (Phi) is 5.23. The van der Waals surface area contributed by atoms with Crippen molar-refractivity contribution in [3.05, 3.63) is 29.8 Å². The molecule has 0 aromatic heterocycles. The first kappa shape index (κ1) is 14.4. The first-order chi connectivity index (χ1) is 9.15. The SMILES string of the molecule is CN1CCCC(NCc2ccc(N(C)C)cc2)CC1. The first-order valence-corrected chi connectivity index (χ1v) is 7.33. The normalized spacial score (nSPS) is 21.1. The molecule has 1 aromatic rings. The summed E-state index contributed by atoms with van der Waals surface area (Å²) in [5.41, 5.74) is 2.64. The van der Waals surface area contributed by atoms with Crippen LogP contribution in [0.3, 0.4) is 0 Å². The lowest BCUT2D eigenvalue weighted by molar-refractivity contribution is 0.343. The third-order valence-corrected chi connectivity index (χ3v) is 4.00. The minimum absolute atomic E-state index is 0.679. The summed E-state index contributed by atoms with van der Waals surface area (Å²) in [6, 6.07) is 9.52. The van der Waals surface area contributed by atoms with Gasteiger partial charge in [0.15, 0.2) is 0 Å². The molecule has 0 aliphatic carbocycles. The van der Waals surface area contributed by atoms with E-state index in [1.807, 2.05) is 0 Å². The molecule has 1 aliphatic rings. The minimum Gasteiger partial charge on any atom is -0.378 e. The van der Waals surface area contributed by atoms with E-state index in [9.17, 15) is 0 Å². The summed E-state index contributed by atoms with van der Waals surface area (Å²) in [6.07, 6.45) is 3.89. The lowest BCUT2D eigenvalue weighted by atomic mass is 10.1. The highest BCUT2D eigenvalue weighted by atomic mass is 15.1. The van der Waals surface area contributed by atoms with Gasteiger partial charge in [-0.2, -0.15) is 0 Å². The average molecular weight is 261 g/mol. The van der Waals surface area contributed by atoms with Gasteiger partial charge in [-0.05, 0) is 57.1 Å². The number of benzene rings is 1. The summed E-state index contributed by atoms with van der Waals surface area (Å²) in [7, 11) is 6.38. The molecule has 0 saturated carbocycles. The zero-order valence-electron chi connectivity index (χ0n) is 12.5. The van der Waals surface area contributed by atoms with Gasteiger partial charge in [0.1, 0.15) is 0 Å². The zero-order valence-corrected chi connectivity index (χ0v) is 12.5. The lowest BCUT2D eigenvalue weighted by Crippen LogP contribution is -2.29. The molecule has 1 fully saturated rings. The number of hydrogen-bond acceptors (Lipinski definition) is 3. The Morgan fingerprint density at radius 1 is 1.16 bits per heavy atom. The van der Waals surface area contributed by atoms with Gasteiger partial charge >= 0.3 is 0 Å². The molecule has 0 amide bonds. The van der Waals surface area contributed by atoms with Crippen molar-refractivity contribution in [2.75, 3.05) is 39.1 Å². The third-order valence-electron chi connectivity index (χ3n) is 4.00. The van der Waals surface area contributed by atoms with Crippen molar-refractivity contribution < 1.29 is 0 Å². The molecule has 0 radical (unpaired) electrons. The second-order valence-electron chi connectivity index (χ2n) is 5.87. The maximum atomic E-state index is 3.71. The van der Waals surface area contributed by atoms with Gasteiger partial charge in [0.2, 0.25) is 0 Å². The summed E-state index contributed by atoms with van der Waals surface area (Å²) < 4.78 is 0. The Labute approximate surface area is 117 Å². The van der Waals surface area contributed by atoms with Crippen LogP contribution in [0.5, 0.6) is 0 Å². The summed E-state index contributed by atoms with van der Waals surface area (Å²) >= 11 is 0. The summed E-state index contributed by atoms with van der Waals surface area (Å²) in [4.78, 5) is 4.58. The van der Waals surface area contributed by atoms with Gasteiger partial charge < -0.3 is 15.1 Å². The molecule has 19 heavy (non-hydrogen) atoms. The molecule has 1 N–H and O–H groups in total. The maximum absolute atomic E-state index is 3.71. The second-order valence-corrected chi connectivity index (χ2v) is 5.87. The Balaban J connectivity index is 1.81. The fourth-order valence-corrected chi connectivity index (χ4v) is 2.62. The van der Waals surface area contributed by atoms with Crippen LogP contribution < -0.4 is 10.2 Å². The standard InChI is InChI=1S/C16H27N3/c1-18(2)16-8-6-14(7-9-16)13-17-15-5-4-11-19(3)12-10-15/h6-9,15,17H,4-5,10-13H2,1-3H3. The van der Waals surface area contributed by atoms with Crippen molar-refractivity contribution in [1.82, 2.24) is 10.2 Å². The molecular weight excluding hydrogens is 234 g/mol. The quantitative estimate of drug-likeness (QED) is 0.897. The van der Waals surface area contributed by atoms with E-state index in [0.29, 0.717) is 6.04 Å². The van der Waals surface area contributed by atoms with Crippen molar-refractivity contribution in [3.8, 4) is 0 Å². The fraction of sp³-hybridized carbons (Fsp3) is 0.625. The van der Waals surface area contributed by atoms with E-state index >= 15 is 0 Å². The highest BCUT2D eigenvalue weighted by Gasteiger charge is 2.13. The monoisotopic (exact) mass is 261 g/mol. The molecule has 0 bridgehead atoms. The van der Waals surface area contributed by atoms with Crippen LogP contribution >= 0.6 is 0 Å². The number of nitrogens with one attached hydrogen (secondary N) is 1. The topological polar surface area (TPSA) is 18.5 Å². The highest BCUT2D eigenvalue weighted by Crippen LogP contribution is 2.14. The Bertz CT molecular complexity index is 372. The van der Waals surface area contributed by atoms with Crippen LogP contribution in [-0.2, 0) is 6.54 Å². The van der Waals surface area contributed by atoms with E-state index in [4.69, 9.17) is 0 Å². The van der Waals surface area contributed by atoms with Crippen molar-refractivity contribution in [3.63, 3.8) is 0 Å². The molecule has 1 saturated heterocycles.